The van der Waals surface area contributed by atoms with E-state index in [2.05, 4.69) is 9.05 Å². The molecular weight excluding hydrogens is 253 g/mol. The molecule has 0 aliphatic carbocycles. The average Bonchev–Trinajstić information content (AvgIpc) is 1.85. The van der Waals surface area contributed by atoms with Crippen molar-refractivity contribution in [3.05, 3.63) is 0 Å². The van der Waals surface area contributed by atoms with Gasteiger partial charge in [-0.25, -0.2) is 4.57 Å². The Bertz CT molecular complexity index is 182. The second kappa shape index (κ2) is 9.11. The van der Waals surface area contributed by atoms with E-state index in [1.54, 1.807) is 0 Å². The van der Waals surface area contributed by atoms with Gasteiger partial charge in [0.1, 0.15) is 0 Å². The normalized spacial score (nSPS) is 10.9. The Labute approximate surface area is 118 Å². The third kappa shape index (κ3) is 31.6. The summed E-state index contributed by atoms with van der Waals surface area (Å²) in [5.74, 6) is 0. The summed E-state index contributed by atoms with van der Waals surface area (Å²) >= 11 is 0. The van der Waals surface area contributed by atoms with Crippen LogP contribution in [0.2, 0.25) is 0 Å². The van der Waals surface area contributed by atoms with Gasteiger partial charge in [-0.05, 0) is 0 Å². The summed E-state index contributed by atoms with van der Waals surface area (Å²) in [4.78, 5) is 31.2. The van der Waals surface area contributed by atoms with Crippen molar-refractivity contribution in [1.29, 1.82) is 0 Å². The van der Waals surface area contributed by atoms with Crippen LogP contribution >= 0.6 is 15.6 Å². The van der Waals surface area contributed by atoms with Crippen LogP contribution in [0.5, 0.6) is 0 Å². The predicted molar refractivity (Wildman–Crippen MR) is 35.9 cm³/mol. The molecule has 0 fully saturated rings. The smallest absolute Gasteiger partial charge is 0.756 e. The van der Waals surface area contributed by atoms with Crippen molar-refractivity contribution in [3.63, 3.8) is 0 Å². The molecule has 0 spiro atoms. The van der Waals surface area contributed by atoms with Gasteiger partial charge in [0.25, 0.3) is 7.82 Å². The van der Waals surface area contributed by atoms with Crippen LogP contribution in [0.25, 0.3) is 0 Å². The second-order valence-corrected chi connectivity index (χ2v) is 3.97. The molecule has 0 aromatic heterocycles. The number of rotatable bonds is 2. The Hall–Kier alpha value is 1.86. The van der Waals surface area contributed by atoms with Gasteiger partial charge in [-0.15, -0.1) is 0 Å². The molecule has 0 bridgehead atoms. The Balaban J connectivity index is -0.000000150. The molecule has 0 amide bonds. The Morgan fingerprint density at radius 1 is 1.08 bits per heavy atom. The van der Waals surface area contributed by atoms with Crippen LogP contribution in [0.4, 0.5) is 0 Å². The van der Waals surface area contributed by atoms with E-state index in [9.17, 15) is 4.57 Å². The zero-order chi connectivity index (χ0) is 10.4. The van der Waals surface area contributed by atoms with Gasteiger partial charge in [0.15, 0.2) is 0 Å². The summed E-state index contributed by atoms with van der Waals surface area (Å²) in [6.07, 6.45) is 0. The van der Waals surface area contributed by atoms with Gasteiger partial charge in [-0.1, -0.05) is 0 Å². The van der Waals surface area contributed by atoms with Gasteiger partial charge in [-0.2, -0.15) is 0 Å². The van der Waals surface area contributed by atoms with Gasteiger partial charge >= 0.3 is 59.2 Å². The van der Waals surface area contributed by atoms with Crippen LogP contribution in [-0.4, -0.2) is 28.9 Å². The van der Waals surface area contributed by atoms with Crippen LogP contribution in [0.3, 0.4) is 0 Å². The largest absolute Gasteiger partial charge is 1.00 e. The maximum atomic E-state index is 10.1. The molecule has 11 heteroatoms. The van der Waals surface area contributed by atoms with E-state index < -0.39 is 15.6 Å². The van der Waals surface area contributed by atoms with Crippen molar-refractivity contribution in [2.75, 3.05) is 14.2 Å². The third-order valence-corrected chi connectivity index (χ3v) is 1.38. The SMILES string of the molecule is COP(=O)(O)OC.O=P([O-])(O)O.[K+]. The summed E-state index contributed by atoms with van der Waals surface area (Å²) in [5, 5.41) is 0. The molecule has 0 aromatic carbocycles. The van der Waals surface area contributed by atoms with Crippen LogP contribution in [-0.2, 0) is 18.2 Å². The predicted octanol–water partition coefficient (Wildman–Crippen LogP) is -4.18. The van der Waals surface area contributed by atoms with Gasteiger partial charge in [0, 0.05) is 14.2 Å². The first-order valence-electron chi connectivity index (χ1n) is 2.33. The number of hydrogen-bond acceptors (Lipinski definition) is 5. The molecule has 0 radical (unpaired) electrons. The standard InChI is InChI=1S/C2H7O4P.K.H3O4P/c1-5-7(3,4)6-2;;1-5(2,3)4/h1-2H3,(H,3,4);;(H3,1,2,3,4)/q;+1;/p-1. The minimum atomic E-state index is -4.89. The van der Waals surface area contributed by atoms with Crippen LogP contribution in [0, 0.1) is 0 Å². The fraction of sp³-hybridized carbons (Fsp3) is 1.00. The monoisotopic (exact) mass is 262 g/mol. The van der Waals surface area contributed by atoms with Gasteiger partial charge in [0.2, 0.25) is 0 Å². The molecule has 0 heterocycles. The fourth-order valence-corrected chi connectivity index (χ4v) is 0.224. The maximum Gasteiger partial charge on any atom is 1.00 e. The zero-order valence-electron chi connectivity index (χ0n) is 7.28. The first-order chi connectivity index (χ1) is 5.12. The van der Waals surface area contributed by atoms with E-state index in [0.29, 0.717) is 0 Å². The molecule has 3 N–H and O–H groups in total. The minimum Gasteiger partial charge on any atom is -0.756 e. The van der Waals surface area contributed by atoms with Gasteiger partial charge < -0.3 is 19.6 Å². The Kier molecular flexibility index (Phi) is 14.2. The van der Waals surface area contributed by atoms with E-state index in [0.717, 1.165) is 14.2 Å². The molecule has 0 aliphatic rings. The molecule has 8 nitrogen and oxygen atoms in total. The number of phosphoric acid groups is 2. The first-order valence-corrected chi connectivity index (χ1v) is 5.36. The molecule has 0 saturated carbocycles. The molecule has 0 unspecified atom stereocenters. The van der Waals surface area contributed by atoms with E-state index in [4.69, 9.17) is 24.1 Å². The van der Waals surface area contributed by atoms with E-state index in [1.807, 2.05) is 0 Å². The Morgan fingerprint density at radius 3 is 1.23 bits per heavy atom. The number of phosphoric ester groups is 1. The van der Waals surface area contributed by atoms with Crippen LogP contribution in [0.15, 0.2) is 0 Å². The molecule has 0 atom stereocenters. The summed E-state index contributed by atoms with van der Waals surface area (Å²) in [5.41, 5.74) is 0. The molecule has 0 aliphatic heterocycles. The van der Waals surface area contributed by atoms with Crippen molar-refractivity contribution in [2.45, 2.75) is 0 Å². The summed E-state index contributed by atoms with van der Waals surface area (Å²) < 4.78 is 26.8. The third-order valence-electron chi connectivity index (χ3n) is 0.461. The molecular formula is C2H9KO8P2. The topological polar surface area (TPSA) is 136 Å². The Morgan fingerprint density at radius 2 is 1.23 bits per heavy atom. The summed E-state index contributed by atoms with van der Waals surface area (Å²) in [6, 6.07) is 0. The van der Waals surface area contributed by atoms with Crippen molar-refractivity contribution in [3.8, 4) is 0 Å². The first kappa shape index (κ1) is 20.3. The van der Waals surface area contributed by atoms with E-state index in [1.165, 1.54) is 0 Å². The fourth-order valence-electron chi connectivity index (χ4n) is 0.0745. The van der Waals surface area contributed by atoms with E-state index in [-0.39, 0.29) is 51.4 Å². The number of hydrogen-bond donors (Lipinski definition) is 3. The van der Waals surface area contributed by atoms with Crippen molar-refractivity contribution in [2.24, 2.45) is 0 Å². The van der Waals surface area contributed by atoms with Crippen LogP contribution in [0.1, 0.15) is 0 Å². The average molecular weight is 262 g/mol. The van der Waals surface area contributed by atoms with E-state index >= 15 is 0 Å². The summed E-state index contributed by atoms with van der Waals surface area (Å²) in [7, 11) is -6.34. The van der Waals surface area contributed by atoms with Gasteiger partial charge in [0.05, 0.1) is 0 Å². The summed E-state index contributed by atoms with van der Waals surface area (Å²) in [6.45, 7) is 0. The van der Waals surface area contributed by atoms with Crippen molar-refractivity contribution < 1.29 is 89.1 Å². The van der Waals surface area contributed by atoms with Crippen LogP contribution < -0.4 is 56.3 Å². The quantitative estimate of drug-likeness (QED) is 0.337. The minimum absolute atomic E-state index is 0. The van der Waals surface area contributed by atoms with Gasteiger partial charge in [-0.3, -0.25) is 13.6 Å². The molecule has 0 aromatic rings. The molecule has 13 heavy (non-hydrogen) atoms. The second-order valence-electron chi connectivity index (χ2n) is 1.32. The maximum absolute atomic E-state index is 10.1. The molecule has 76 valence electrons. The molecule has 0 saturated heterocycles. The molecule has 0 rings (SSSR count). The zero-order valence-corrected chi connectivity index (χ0v) is 12.2. The van der Waals surface area contributed by atoms with Crippen molar-refractivity contribution >= 4 is 15.6 Å². The van der Waals surface area contributed by atoms with Crippen molar-refractivity contribution in [1.82, 2.24) is 0 Å².